The number of fused-ring (bicyclic) bond motifs is 20. The van der Waals surface area contributed by atoms with Crippen LogP contribution in [0.2, 0.25) is 0 Å². The number of nitrogens with one attached hydrogen (secondary N) is 2. The van der Waals surface area contributed by atoms with E-state index in [1.165, 1.54) is 0 Å². The molecule has 4 aromatic carbocycles. The van der Waals surface area contributed by atoms with Gasteiger partial charge in [0.15, 0.2) is 23.3 Å². The van der Waals surface area contributed by atoms with Crippen molar-refractivity contribution < 1.29 is 0 Å². The van der Waals surface area contributed by atoms with Gasteiger partial charge in [-0.1, -0.05) is 70.8 Å². The van der Waals surface area contributed by atoms with Gasteiger partial charge in [0.05, 0.1) is 0 Å². The Kier molecular flexibility index (Phi) is 5.00. The molecule has 0 aliphatic carbocycles. The molecule has 2 aliphatic heterocycles. The molecule has 9 rings (SSSR count). The maximum absolute atomic E-state index is 5.11. The lowest BCUT2D eigenvalue weighted by Crippen LogP contribution is -1.84. The highest BCUT2D eigenvalue weighted by atomic mass is 15.1. The smallest absolute Gasteiger partial charge is 0.164 e. The summed E-state index contributed by atoms with van der Waals surface area (Å²) in [6.45, 7) is 8.32. The van der Waals surface area contributed by atoms with Crippen molar-refractivity contribution in [3.63, 3.8) is 0 Å². The molecule has 0 saturated heterocycles. The van der Waals surface area contributed by atoms with Crippen LogP contribution < -0.4 is 0 Å². The van der Waals surface area contributed by atoms with Crippen LogP contribution in [0, 0.1) is 27.7 Å². The van der Waals surface area contributed by atoms with E-state index in [1.54, 1.807) is 0 Å². The number of aryl methyl sites for hydroxylation is 4. The van der Waals surface area contributed by atoms with Gasteiger partial charge in [0.2, 0.25) is 0 Å². The van der Waals surface area contributed by atoms with E-state index in [1.807, 2.05) is 0 Å². The van der Waals surface area contributed by atoms with Crippen LogP contribution in [-0.4, -0.2) is 39.9 Å². The highest BCUT2D eigenvalue weighted by Crippen LogP contribution is 2.37. The van der Waals surface area contributed by atoms with Crippen molar-refractivity contribution in [1.29, 1.82) is 0 Å². The fourth-order valence-electron chi connectivity index (χ4n) is 6.25. The van der Waals surface area contributed by atoms with Crippen molar-refractivity contribution >= 4 is 44.1 Å². The fraction of sp³-hybridized carbons (Fsp3) is 0.111. The second-order valence-corrected chi connectivity index (χ2v) is 11.8. The summed E-state index contributed by atoms with van der Waals surface area (Å²) in [5, 5.41) is 3.88. The highest BCUT2D eigenvalue weighted by molar-refractivity contribution is 6.06. The molecule has 2 N–H and O–H groups in total. The summed E-state index contributed by atoms with van der Waals surface area (Å²) in [5.74, 6) is 2.43. The lowest BCUT2D eigenvalue weighted by atomic mass is 10.1. The SMILES string of the molecule is Cc1ccc2c(c1)-c1nc-2nc2[nH]c(nc3nc(nc4[nH]c(n1)c1ccc(C)cc41)-c1ccc(C)cc1-3)c1ccc(C)cc21. The summed E-state index contributed by atoms with van der Waals surface area (Å²) in [7, 11) is 0. The second-order valence-electron chi connectivity index (χ2n) is 11.8. The molecule has 7 aromatic rings. The van der Waals surface area contributed by atoms with Gasteiger partial charge in [0.1, 0.15) is 22.6 Å². The first-order chi connectivity index (χ1) is 21.4. The molecule has 0 saturated carbocycles. The van der Waals surface area contributed by atoms with Crippen molar-refractivity contribution in [3.8, 4) is 45.6 Å². The van der Waals surface area contributed by atoms with Gasteiger partial charge in [-0.05, 0) is 52.0 Å². The van der Waals surface area contributed by atoms with Crippen molar-refractivity contribution in [3.05, 3.63) is 95.1 Å². The highest BCUT2D eigenvalue weighted by Gasteiger charge is 2.22. The van der Waals surface area contributed by atoms with Crippen molar-refractivity contribution in [2.24, 2.45) is 0 Å². The van der Waals surface area contributed by atoms with E-state index in [0.717, 1.165) is 66.1 Å². The van der Waals surface area contributed by atoms with Gasteiger partial charge in [-0.15, -0.1) is 0 Å². The number of benzene rings is 4. The summed E-state index contributed by atoms with van der Waals surface area (Å²) in [6, 6.07) is 25.2. The average molecular weight is 571 g/mol. The van der Waals surface area contributed by atoms with Crippen molar-refractivity contribution in [1.82, 2.24) is 39.9 Å². The van der Waals surface area contributed by atoms with Gasteiger partial charge >= 0.3 is 0 Å². The maximum Gasteiger partial charge on any atom is 0.164 e. The quantitative estimate of drug-likeness (QED) is 0.191. The molecule has 3 aromatic heterocycles. The molecule has 0 unspecified atom stereocenters. The number of aromatic amines is 2. The molecule has 0 fully saturated rings. The molecular formula is C36H26N8. The second kappa shape index (κ2) is 8.87. The largest absolute Gasteiger partial charge is 0.324 e. The lowest BCUT2D eigenvalue weighted by molar-refractivity contribution is 1.19. The summed E-state index contributed by atoms with van der Waals surface area (Å²) in [5.41, 5.74) is 11.1. The van der Waals surface area contributed by atoms with E-state index in [2.05, 4.69) is 110 Å². The van der Waals surface area contributed by atoms with Gasteiger partial charge < -0.3 is 9.97 Å². The zero-order chi connectivity index (χ0) is 29.7. The van der Waals surface area contributed by atoms with E-state index >= 15 is 0 Å². The molecule has 0 atom stereocenters. The van der Waals surface area contributed by atoms with Gasteiger partial charge in [0.25, 0.3) is 0 Å². The Bertz CT molecular complexity index is 2380. The van der Waals surface area contributed by atoms with E-state index in [4.69, 9.17) is 29.9 Å². The van der Waals surface area contributed by atoms with Crippen LogP contribution in [0.15, 0.2) is 72.8 Å². The fourth-order valence-corrected chi connectivity index (χ4v) is 6.25. The number of hydrogen-bond donors (Lipinski definition) is 2. The van der Waals surface area contributed by atoms with Crippen LogP contribution in [0.25, 0.3) is 89.7 Å². The molecule has 8 bridgehead atoms. The predicted molar refractivity (Wildman–Crippen MR) is 175 cm³/mol. The molecule has 8 heteroatoms. The third-order valence-electron chi connectivity index (χ3n) is 8.45. The minimum Gasteiger partial charge on any atom is -0.324 e. The average Bonchev–Trinajstić information content (AvgIpc) is 3.71. The number of nitrogens with zero attached hydrogens (tertiary/aromatic N) is 6. The standard InChI is InChI=1S/C36H26N8/c1-17-5-9-21-25(13-17)33-37-29(21)42-34-27-15-19(3)7-11-23(27)31(39-34)44-36-28-16-20(4)8-12-24(28)32(40-36)43-35-26-14-18(2)6-10-22(26)30(38-35)41-33/h5-16H,1-4H3,(H2,37,38,39,40,41,42,43,44). The Balaban J connectivity index is 1.51. The number of aromatic nitrogens is 8. The zero-order valence-corrected chi connectivity index (χ0v) is 24.6. The van der Waals surface area contributed by atoms with E-state index < -0.39 is 0 Å². The third-order valence-corrected chi connectivity index (χ3v) is 8.45. The Morgan fingerprint density at radius 3 is 1.11 bits per heavy atom. The van der Waals surface area contributed by atoms with E-state index in [9.17, 15) is 0 Å². The van der Waals surface area contributed by atoms with Crippen LogP contribution in [0.3, 0.4) is 0 Å². The molecule has 8 nitrogen and oxygen atoms in total. The minimum absolute atomic E-state index is 0.605. The monoisotopic (exact) mass is 570 g/mol. The third kappa shape index (κ3) is 3.70. The van der Waals surface area contributed by atoms with Crippen molar-refractivity contribution in [2.75, 3.05) is 0 Å². The Morgan fingerprint density at radius 2 is 0.682 bits per heavy atom. The normalized spacial score (nSPS) is 12.1. The van der Waals surface area contributed by atoms with E-state index in [-0.39, 0.29) is 0 Å². The van der Waals surface area contributed by atoms with Gasteiger partial charge in [-0.25, -0.2) is 29.9 Å². The molecule has 5 heterocycles. The van der Waals surface area contributed by atoms with Crippen LogP contribution in [0.5, 0.6) is 0 Å². The van der Waals surface area contributed by atoms with E-state index in [0.29, 0.717) is 45.9 Å². The Labute approximate surface area is 252 Å². The Hall–Kier alpha value is -5.76. The van der Waals surface area contributed by atoms with Crippen LogP contribution >= 0.6 is 0 Å². The summed E-state index contributed by atoms with van der Waals surface area (Å²) < 4.78 is 0. The molecule has 0 spiro atoms. The molecule has 2 aliphatic rings. The molecular weight excluding hydrogens is 544 g/mol. The van der Waals surface area contributed by atoms with Gasteiger partial charge in [-0.3, -0.25) is 0 Å². The van der Waals surface area contributed by atoms with Gasteiger partial charge in [-0.2, -0.15) is 0 Å². The van der Waals surface area contributed by atoms with Crippen LogP contribution in [0.4, 0.5) is 0 Å². The molecule has 0 radical (unpaired) electrons. The molecule has 0 amide bonds. The molecule has 44 heavy (non-hydrogen) atoms. The summed E-state index contributed by atoms with van der Waals surface area (Å²) in [6.07, 6.45) is 0. The Morgan fingerprint density at radius 1 is 0.341 bits per heavy atom. The number of H-pyrrole nitrogens is 2. The van der Waals surface area contributed by atoms with Crippen LogP contribution in [-0.2, 0) is 0 Å². The van der Waals surface area contributed by atoms with Gasteiger partial charge in [0, 0.05) is 43.8 Å². The maximum atomic E-state index is 5.11. The number of hydrogen-bond acceptors (Lipinski definition) is 6. The first-order valence-electron chi connectivity index (χ1n) is 14.6. The summed E-state index contributed by atoms with van der Waals surface area (Å²) >= 11 is 0. The number of rotatable bonds is 0. The minimum atomic E-state index is 0.605. The molecule has 210 valence electrons. The first-order valence-corrected chi connectivity index (χ1v) is 14.6. The van der Waals surface area contributed by atoms with Crippen molar-refractivity contribution in [2.45, 2.75) is 27.7 Å². The van der Waals surface area contributed by atoms with Crippen LogP contribution in [0.1, 0.15) is 22.3 Å². The topological polar surface area (TPSA) is 109 Å². The first kappa shape index (κ1) is 24.8. The predicted octanol–water partition coefficient (Wildman–Crippen LogP) is 8.10. The lowest BCUT2D eigenvalue weighted by Gasteiger charge is -1.99. The summed E-state index contributed by atoms with van der Waals surface area (Å²) in [4.78, 5) is 37.5. The zero-order valence-electron chi connectivity index (χ0n) is 24.6.